The van der Waals surface area contributed by atoms with E-state index >= 15 is 0 Å². The summed E-state index contributed by atoms with van der Waals surface area (Å²) in [5.74, 6) is -1.88. The van der Waals surface area contributed by atoms with Crippen molar-refractivity contribution >= 4 is 11.7 Å². The molecule has 1 fully saturated rings. The summed E-state index contributed by atoms with van der Waals surface area (Å²) in [6.07, 6.45) is 3.15. The van der Waals surface area contributed by atoms with Crippen LogP contribution in [0.3, 0.4) is 0 Å². The molecular formula is C11H12N2O2. The van der Waals surface area contributed by atoms with Crippen molar-refractivity contribution in [1.29, 1.82) is 0 Å². The predicted octanol–water partition coefficient (Wildman–Crippen LogP) is 0.743. The normalized spacial score (nSPS) is 24.5. The zero-order valence-corrected chi connectivity index (χ0v) is 8.01. The van der Waals surface area contributed by atoms with E-state index in [-0.39, 0.29) is 18.7 Å². The SMILES string of the molecule is [2H]C([2H])([2H])N1CCC(C(=O)c2cccnc2)C1=O. The van der Waals surface area contributed by atoms with Crippen LogP contribution in [0.5, 0.6) is 0 Å². The van der Waals surface area contributed by atoms with Crippen LogP contribution in [0.4, 0.5) is 0 Å². The molecule has 1 aliphatic rings. The van der Waals surface area contributed by atoms with E-state index in [4.69, 9.17) is 4.11 Å². The Morgan fingerprint density at radius 1 is 1.73 bits per heavy atom. The molecule has 2 heterocycles. The summed E-state index contributed by atoms with van der Waals surface area (Å²) < 4.78 is 21.6. The van der Waals surface area contributed by atoms with Gasteiger partial charge in [0.2, 0.25) is 5.91 Å². The van der Waals surface area contributed by atoms with Gasteiger partial charge in [0.1, 0.15) is 5.92 Å². The molecule has 0 aromatic carbocycles. The molecule has 4 nitrogen and oxygen atoms in total. The molecular weight excluding hydrogens is 192 g/mol. The minimum absolute atomic E-state index is 0.0893. The minimum atomic E-state index is -2.47. The van der Waals surface area contributed by atoms with Crippen LogP contribution in [-0.2, 0) is 4.79 Å². The lowest BCUT2D eigenvalue weighted by atomic mass is 9.97. The first-order valence-electron chi connectivity index (χ1n) is 6.17. The predicted molar refractivity (Wildman–Crippen MR) is 54.3 cm³/mol. The fraction of sp³-hybridized carbons (Fsp3) is 0.364. The van der Waals surface area contributed by atoms with Gasteiger partial charge in [0.25, 0.3) is 0 Å². The van der Waals surface area contributed by atoms with Gasteiger partial charge in [-0.15, -0.1) is 0 Å². The Bertz CT molecular complexity index is 473. The van der Waals surface area contributed by atoms with Crippen LogP contribution in [0.1, 0.15) is 20.9 Å². The topological polar surface area (TPSA) is 50.3 Å². The third-order valence-electron chi connectivity index (χ3n) is 2.47. The average molecular weight is 207 g/mol. The molecule has 15 heavy (non-hydrogen) atoms. The van der Waals surface area contributed by atoms with Crippen molar-refractivity contribution in [1.82, 2.24) is 9.88 Å². The van der Waals surface area contributed by atoms with E-state index in [1.165, 1.54) is 12.4 Å². The number of aromatic nitrogens is 1. The van der Waals surface area contributed by atoms with Gasteiger partial charge in [0, 0.05) is 35.6 Å². The first-order valence-corrected chi connectivity index (χ1v) is 4.67. The maximum absolute atomic E-state index is 12.1. The van der Waals surface area contributed by atoms with E-state index in [2.05, 4.69) is 4.98 Å². The van der Waals surface area contributed by atoms with E-state index in [0.717, 1.165) is 4.90 Å². The van der Waals surface area contributed by atoms with Crippen LogP contribution in [0.2, 0.25) is 0 Å². The number of pyridine rings is 1. The summed E-state index contributed by atoms with van der Waals surface area (Å²) in [6, 6.07) is 3.18. The smallest absolute Gasteiger partial charge is 0.233 e. The van der Waals surface area contributed by atoms with E-state index in [0.29, 0.717) is 5.56 Å². The van der Waals surface area contributed by atoms with Crippen LogP contribution in [0, 0.1) is 5.92 Å². The molecule has 0 spiro atoms. The molecule has 1 amide bonds. The molecule has 1 aromatic rings. The molecule has 78 valence electrons. The lowest BCUT2D eigenvalue weighted by Crippen LogP contribution is -2.27. The number of likely N-dealkylation sites (tertiary alicyclic amines) is 1. The van der Waals surface area contributed by atoms with Gasteiger partial charge in [-0.2, -0.15) is 0 Å². The van der Waals surface area contributed by atoms with Crippen molar-refractivity contribution in [2.24, 2.45) is 5.92 Å². The van der Waals surface area contributed by atoms with Crippen molar-refractivity contribution < 1.29 is 13.7 Å². The van der Waals surface area contributed by atoms with Gasteiger partial charge in [0.05, 0.1) is 0 Å². The van der Waals surface area contributed by atoms with E-state index in [1.807, 2.05) is 0 Å². The highest BCUT2D eigenvalue weighted by Gasteiger charge is 2.35. The lowest BCUT2D eigenvalue weighted by Gasteiger charge is -2.08. The van der Waals surface area contributed by atoms with Crippen molar-refractivity contribution in [2.45, 2.75) is 6.42 Å². The Morgan fingerprint density at radius 2 is 2.60 bits per heavy atom. The molecule has 1 aromatic heterocycles. The summed E-state index contributed by atoms with van der Waals surface area (Å²) in [5, 5.41) is 0. The standard InChI is InChI=1S/C11H12N2O2/c1-13-6-4-9(11(13)15)10(14)8-3-2-5-12-7-8/h2-3,5,7,9H,4,6H2,1H3/i1D3. The molecule has 1 aliphatic heterocycles. The van der Waals surface area contributed by atoms with Crippen LogP contribution in [-0.4, -0.2) is 35.1 Å². The second-order valence-electron chi connectivity index (χ2n) is 3.44. The number of amides is 1. The number of hydrogen-bond acceptors (Lipinski definition) is 3. The molecule has 0 radical (unpaired) electrons. The van der Waals surface area contributed by atoms with Crippen molar-refractivity contribution in [3.63, 3.8) is 0 Å². The number of nitrogens with zero attached hydrogens (tertiary/aromatic N) is 2. The van der Waals surface area contributed by atoms with Crippen LogP contribution in [0.15, 0.2) is 24.5 Å². The van der Waals surface area contributed by atoms with Crippen LogP contribution in [0.25, 0.3) is 0 Å². The first kappa shape index (κ1) is 6.71. The highest BCUT2D eigenvalue weighted by molar-refractivity contribution is 6.10. The first-order chi connectivity index (χ1) is 8.41. The third-order valence-corrected chi connectivity index (χ3v) is 2.47. The Morgan fingerprint density at radius 3 is 3.20 bits per heavy atom. The van der Waals surface area contributed by atoms with E-state index in [1.54, 1.807) is 12.1 Å². The Hall–Kier alpha value is -1.71. The zero-order chi connectivity index (χ0) is 13.3. The van der Waals surface area contributed by atoms with Gasteiger partial charge in [-0.05, 0) is 18.6 Å². The van der Waals surface area contributed by atoms with E-state index in [9.17, 15) is 9.59 Å². The minimum Gasteiger partial charge on any atom is -0.345 e. The summed E-state index contributed by atoms with van der Waals surface area (Å²) in [4.78, 5) is 28.5. The van der Waals surface area contributed by atoms with Gasteiger partial charge in [-0.25, -0.2) is 0 Å². The van der Waals surface area contributed by atoms with Crippen molar-refractivity contribution in [2.75, 3.05) is 13.5 Å². The number of carbonyl (C=O) groups excluding carboxylic acids is 2. The highest BCUT2D eigenvalue weighted by atomic mass is 16.2. The van der Waals surface area contributed by atoms with Gasteiger partial charge in [-0.1, -0.05) is 0 Å². The van der Waals surface area contributed by atoms with Gasteiger partial charge < -0.3 is 4.90 Å². The summed E-state index contributed by atoms with van der Waals surface area (Å²) in [5.41, 5.74) is 0.336. The maximum atomic E-state index is 12.1. The Labute approximate surface area is 92.1 Å². The molecule has 2 rings (SSSR count). The molecule has 1 atom stereocenters. The largest absolute Gasteiger partial charge is 0.345 e. The van der Waals surface area contributed by atoms with Crippen molar-refractivity contribution in [3.05, 3.63) is 30.1 Å². The third kappa shape index (κ3) is 1.75. The number of Topliss-reactive ketones (excluding diaryl/α,β-unsaturated/α-hetero) is 1. The van der Waals surface area contributed by atoms with Crippen molar-refractivity contribution in [3.8, 4) is 0 Å². The second-order valence-corrected chi connectivity index (χ2v) is 3.44. The molecule has 0 bridgehead atoms. The quantitative estimate of drug-likeness (QED) is 0.531. The zero-order valence-electron chi connectivity index (χ0n) is 11.0. The van der Waals surface area contributed by atoms with E-state index < -0.39 is 18.8 Å². The van der Waals surface area contributed by atoms with Gasteiger partial charge >= 0.3 is 0 Å². The molecule has 1 saturated heterocycles. The van der Waals surface area contributed by atoms with Gasteiger partial charge in [-0.3, -0.25) is 14.6 Å². The number of ketones is 1. The Balaban J connectivity index is 2.18. The number of carbonyl (C=O) groups is 2. The second kappa shape index (κ2) is 3.81. The van der Waals surface area contributed by atoms with Crippen LogP contribution >= 0.6 is 0 Å². The fourth-order valence-electron chi connectivity index (χ4n) is 1.63. The Kier molecular flexibility index (Phi) is 1.70. The van der Waals surface area contributed by atoms with Gasteiger partial charge in [0.15, 0.2) is 5.78 Å². The molecule has 4 heteroatoms. The summed E-state index contributed by atoms with van der Waals surface area (Å²) >= 11 is 0. The number of hydrogen-bond donors (Lipinski definition) is 0. The molecule has 0 aliphatic carbocycles. The summed E-state index contributed by atoms with van der Waals surface area (Å²) in [7, 11) is 0. The monoisotopic (exact) mass is 207 g/mol. The lowest BCUT2D eigenvalue weighted by molar-refractivity contribution is -0.128. The number of rotatable bonds is 2. The molecule has 1 unspecified atom stereocenters. The maximum Gasteiger partial charge on any atom is 0.233 e. The van der Waals surface area contributed by atoms with Crippen LogP contribution < -0.4 is 0 Å². The average Bonchev–Trinajstić information content (AvgIpc) is 2.71. The highest BCUT2D eigenvalue weighted by Crippen LogP contribution is 2.20. The molecule has 0 N–H and O–H groups in total. The summed E-state index contributed by atoms with van der Waals surface area (Å²) in [6.45, 7) is -2.38. The fourth-order valence-corrected chi connectivity index (χ4v) is 1.63. The molecule has 0 saturated carbocycles.